The molecule has 1 saturated carbocycles. The summed E-state index contributed by atoms with van der Waals surface area (Å²) >= 11 is 0. The van der Waals surface area contributed by atoms with Crippen LogP contribution in [0.25, 0.3) is 0 Å². The Kier molecular flexibility index (Phi) is 3.50. The molecule has 1 aromatic carbocycles. The third kappa shape index (κ3) is 2.97. The molecule has 1 amide bonds. The van der Waals surface area contributed by atoms with Gasteiger partial charge in [0, 0.05) is 36.8 Å². The summed E-state index contributed by atoms with van der Waals surface area (Å²) in [6.45, 7) is 1.12. The number of nitrogens with two attached hydrogens (primary N) is 1. The van der Waals surface area contributed by atoms with E-state index in [1.54, 1.807) is 17.0 Å². The lowest BCUT2D eigenvalue weighted by Gasteiger charge is -2.16. The minimum absolute atomic E-state index is 0.000239. The summed E-state index contributed by atoms with van der Waals surface area (Å²) in [5, 5.41) is 14.3. The van der Waals surface area contributed by atoms with Gasteiger partial charge in [-0.25, -0.2) is 0 Å². The highest BCUT2D eigenvalue weighted by Crippen LogP contribution is 2.32. The van der Waals surface area contributed by atoms with Crippen LogP contribution in [0.1, 0.15) is 29.6 Å². The van der Waals surface area contributed by atoms with Crippen molar-refractivity contribution in [2.24, 2.45) is 5.73 Å². The molecular formula is C14H18N4O3. The molecule has 7 heteroatoms. The average Bonchev–Trinajstić information content (AvgIpc) is 3.17. The van der Waals surface area contributed by atoms with Gasteiger partial charge in [0.25, 0.3) is 11.6 Å². The van der Waals surface area contributed by atoms with E-state index < -0.39 is 4.92 Å². The van der Waals surface area contributed by atoms with Crippen molar-refractivity contribution in [3.8, 4) is 0 Å². The molecule has 3 N–H and O–H groups in total. The number of amides is 1. The quantitative estimate of drug-likeness (QED) is 0.643. The Bertz CT molecular complexity index is 586. The SMILES string of the molecule is N[C@@H]1CCN(C(=O)c2ccc(NC3CC3)c([N+](=O)[O-])c2)C1. The molecule has 1 aliphatic carbocycles. The lowest BCUT2D eigenvalue weighted by atomic mass is 10.1. The van der Waals surface area contributed by atoms with Gasteiger partial charge in [0.2, 0.25) is 0 Å². The summed E-state index contributed by atoms with van der Waals surface area (Å²) in [6, 6.07) is 4.95. The number of hydrogen-bond donors (Lipinski definition) is 2. The Morgan fingerprint density at radius 2 is 2.14 bits per heavy atom. The zero-order chi connectivity index (χ0) is 15.0. The molecule has 0 spiro atoms. The Balaban J connectivity index is 1.83. The summed E-state index contributed by atoms with van der Waals surface area (Å²) in [4.78, 5) is 24.7. The second-order valence-corrected chi connectivity index (χ2v) is 5.71. The fraction of sp³-hybridized carbons (Fsp3) is 0.500. The predicted molar refractivity (Wildman–Crippen MR) is 78.2 cm³/mol. The smallest absolute Gasteiger partial charge is 0.293 e. The maximum Gasteiger partial charge on any atom is 0.293 e. The second-order valence-electron chi connectivity index (χ2n) is 5.71. The van der Waals surface area contributed by atoms with Crippen molar-refractivity contribution < 1.29 is 9.72 Å². The molecule has 1 atom stereocenters. The van der Waals surface area contributed by atoms with Crippen molar-refractivity contribution >= 4 is 17.3 Å². The van der Waals surface area contributed by atoms with Crippen LogP contribution in [0, 0.1) is 10.1 Å². The van der Waals surface area contributed by atoms with Gasteiger partial charge in [-0.3, -0.25) is 14.9 Å². The predicted octanol–water partition coefficient (Wildman–Crippen LogP) is 1.34. The van der Waals surface area contributed by atoms with Crippen LogP contribution in [0.2, 0.25) is 0 Å². The molecule has 1 aliphatic heterocycles. The van der Waals surface area contributed by atoms with Crippen molar-refractivity contribution in [3.63, 3.8) is 0 Å². The van der Waals surface area contributed by atoms with Crippen LogP contribution in [0.15, 0.2) is 18.2 Å². The molecule has 21 heavy (non-hydrogen) atoms. The van der Waals surface area contributed by atoms with Gasteiger partial charge in [-0.15, -0.1) is 0 Å². The van der Waals surface area contributed by atoms with Crippen molar-refractivity contribution in [1.29, 1.82) is 0 Å². The minimum atomic E-state index is -0.447. The van der Waals surface area contributed by atoms with Crippen LogP contribution in [-0.2, 0) is 0 Å². The largest absolute Gasteiger partial charge is 0.377 e. The van der Waals surface area contributed by atoms with Gasteiger partial charge in [0.1, 0.15) is 5.69 Å². The van der Waals surface area contributed by atoms with E-state index in [1.165, 1.54) is 6.07 Å². The van der Waals surface area contributed by atoms with Crippen LogP contribution in [0.5, 0.6) is 0 Å². The molecule has 1 saturated heterocycles. The number of nitro benzene ring substituents is 1. The zero-order valence-electron chi connectivity index (χ0n) is 11.6. The lowest BCUT2D eigenvalue weighted by Crippen LogP contribution is -2.31. The van der Waals surface area contributed by atoms with Crippen molar-refractivity contribution in [2.45, 2.75) is 31.3 Å². The van der Waals surface area contributed by atoms with Gasteiger partial charge in [-0.2, -0.15) is 0 Å². The van der Waals surface area contributed by atoms with Crippen LogP contribution in [0.3, 0.4) is 0 Å². The lowest BCUT2D eigenvalue weighted by molar-refractivity contribution is -0.384. The van der Waals surface area contributed by atoms with Crippen molar-refractivity contribution in [1.82, 2.24) is 4.90 Å². The average molecular weight is 290 g/mol. The molecule has 2 fully saturated rings. The Morgan fingerprint density at radius 1 is 1.38 bits per heavy atom. The highest BCUT2D eigenvalue weighted by molar-refractivity contribution is 5.96. The minimum Gasteiger partial charge on any atom is -0.377 e. The first kappa shape index (κ1) is 13.8. The van der Waals surface area contributed by atoms with Crippen LogP contribution >= 0.6 is 0 Å². The van der Waals surface area contributed by atoms with Crippen molar-refractivity contribution in [3.05, 3.63) is 33.9 Å². The summed E-state index contributed by atoms with van der Waals surface area (Å²) in [5.41, 5.74) is 6.58. The Hall–Kier alpha value is -2.15. The van der Waals surface area contributed by atoms with Crippen molar-refractivity contribution in [2.75, 3.05) is 18.4 Å². The number of carbonyl (C=O) groups excluding carboxylic acids is 1. The summed E-state index contributed by atoms with van der Waals surface area (Å²) in [5.74, 6) is -0.191. The first-order chi connectivity index (χ1) is 10.0. The van der Waals surface area contributed by atoms with Crippen LogP contribution < -0.4 is 11.1 Å². The number of nitrogens with zero attached hydrogens (tertiary/aromatic N) is 2. The third-order valence-corrected chi connectivity index (χ3v) is 3.89. The standard InChI is InChI=1S/C14H18N4O3/c15-10-5-6-17(8-10)14(19)9-1-4-12(16-11-2-3-11)13(7-9)18(20)21/h1,4,7,10-11,16H,2-3,5-6,8,15H2/t10-/m1/s1. The van der Waals surface area contributed by atoms with Gasteiger partial charge in [-0.1, -0.05) is 0 Å². The molecule has 1 heterocycles. The Labute approximate surface area is 122 Å². The second kappa shape index (κ2) is 5.33. The number of nitro groups is 1. The summed E-state index contributed by atoms with van der Waals surface area (Å²) < 4.78 is 0. The Morgan fingerprint density at radius 3 is 2.71 bits per heavy atom. The van der Waals surface area contributed by atoms with E-state index in [9.17, 15) is 14.9 Å². The number of anilines is 1. The van der Waals surface area contributed by atoms with E-state index in [2.05, 4.69) is 5.32 Å². The normalized spacial score (nSPS) is 21.4. The van der Waals surface area contributed by atoms with Gasteiger partial charge in [-0.05, 0) is 31.4 Å². The molecule has 1 aromatic rings. The maximum absolute atomic E-state index is 12.3. The van der Waals surface area contributed by atoms with Gasteiger partial charge in [0.15, 0.2) is 0 Å². The maximum atomic E-state index is 12.3. The molecule has 0 unspecified atom stereocenters. The van der Waals surface area contributed by atoms with Gasteiger partial charge in [0.05, 0.1) is 4.92 Å². The van der Waals surface area contributed by atoms with E-state index in [1.807, 2.05) is 0 Å². The van der Waals surface area contributed by atoms with E-state index in [-0.39, 0.29) is 17.6 Å². The molecule has 112 valence electrons. The zero-order valence-corrected chi connectivity index (χ0v) is 11.6. The van der Waals surface area contributed by atoms with Gasteiger partial charge >= 0.3 is 0 Å². The van der Waals surface area contributed by atoms with E-state index in [0.717, 1.165) is 19.3 Å². The number of rotatable bonds is 4. The molecule has 0 radical (unpaired) electrons. The topological polar surface area (TPSA) is 102 Å². The number of nitrogens with one attached hydrogen (secondary N) is 1. The molecule has 2 aliphatic rings. The fourth-order valence-electron chi connectivity index (χ4n) is 2.54. The molecule has 3 rings (SSSR count). The highest BCUT2D eigenvalue weighted by Gasteiger charge is 2.28. The number of benzene rings is 1. The number of carbonyl (C=O) groups is 1. The van der Waals surface area contributed by atoms with Crippen LogP contribution in [0.4, 0.5) is 11.4 Å². The first-order valence-electron chi connectivity index (χ1n) is 7.14. The highest BCUT2D eigenvalue weighted by atomic mass is 16.6. The summed E-state index contributed by atoms with van der Waals surface area (Å²) in [6.07, 6.45) is 2.84. The molecule has 0 aromatic heterocycles. The summed E-state index contributed by atoms with van der Waals surface area (Å²) in [7, 11) is 0. The van der Waals surface area contributed by atoms with E-state index in [0.29, 0.717) is 30.4 Å². The van der Waals surface area contributed by atoms with E-state index in [4.69, 9.17) is 5.73 Å². The van der Waals surface area contributed by atoms with Crippen LogP contribution in [-0.4, -0.2) is 40.9 Å². The monoisotopic (exact) mass is 290 g/mol. The molecule has 0 bridgehead atoms. The molecule has 7 nitrogen and oxygen atoms in total. The first-order valence-corrected chi connectivity index (χ1v) is 7.14. The fourth-order valence-corrected chi connectivity index (χ4v) is 2.54. The number of hydrogen-bond acceptors (Lipinski definition) is 5. The number of likely N-dealkylation sites (tertiary alicyclic amines) is 1. The van der Waals surface area contributed by atoms with Gasteiger partial charge < -0.3 is 16.0 Å². The molecular weight excluding hydrogens is 272 g/mol. The van der Waals surface area contributed by atoms with E-state index >= 15 is 0 Å². The third-order valence-electron chi connectivity index (χ3n) is 3.89.